The lowest BCUT2D eigenvalue weighted by Crippen LogP contribution is -2.37. The summed E-state index contributed by atoms with van der Waals surface area (Å²) in [6.45, 7) is 5.08. The van der Waals surface area contributed by atoms with Gasteiger partial charge in [-0.1, -0.05) is 11.3 Å². The van der Waals surface area contributed by atoms with E-state index in [4.69, 9.17) is 9.15 Å². The lowest BCUT2D eigenvalue weighted by atomic mass is 9.97. The smallest absolute Gasteiger partial charge is 0.347 e. The first kappa shape index (κ1) is 21.7. The minimum atomic E-state index is -1.03. The number of hydrogen-bond acceptors (Lipinski definition) is 11. The highest BCUT2D eigenvalue weighted by Crippen LogP contribution is 2.30. The quantitative estimate of drug-likeness (QED) is 0.504. The Bertz CT molecular complexity index is 1110. The van der Waals surface area contributed by atoms with Gasteiger partial charge < -0.3 is 19.2 Å². The molecule has 11 nitrogen and oxygen atoms in total. The Kier molecular flexibility index (Phi) is 6.30. The van der Waals surface area contributed by atoms with Gasteiger partial charge in [0.15, 0.2) is 17.3 Å². The number of nitrogens with zero attached hydrogens (tertiary/aromatic N) is 5. The van der Waals surface area contributed by atoms with Crippen molar-refractivity contribution in [3.8, 4) is 11.5 Å². The number of carboxylic acid groups (broad SMARTS) is 1. The summed E-state index contributed by atoms with van der Waals surface area (Å²) in [5, 5.41) is 12.7. The van der Waals surface area contributed by atoms with Crippen LogP contribution in [0.3, 0.4) is 0 Å². The molecule has 1 fully saturated rings. The van der Waals surface area contributed by atoms with E-state index in [-0.39, 0.29) is 22.7 Å². The maximum absolute atomic E-state index is 12.0. The Morgan fingerprint density at radius 1 is 1.31 bits per heavy atom. The maximum atomic E-state index is 12.0. The number of thiazole rings is 1. The third kappa shape index (κ3) is 4.69. The topological polar surface area (TPSA) is 144 Å². The number of oxazole rings is 1. The molecule has 168 valence electrons. The second-order valence-corrected chi connectivity index (χ2v) is 8.18. The van der Waals surface area contributed by atoms with Gasteiger partial charge in [-0.15, -0.1) is 0 Å². The van der Waals surface area contributed by atoms with E-state index in [0.717, 1.165) is 11.3 Å². The predicted molar refractivity (Wildman–Crippen MR) is 116 cm³/mol. The van der Waals surface area contributed by atoms with E-state index in [9.17, 15) is 14.7 Å². The number of aryl methyl sites for hydroxylation is 1. The van der Waals surface area contributed by atoms with E-state index in [1.807, 2.05) is 0 Å². The molecule has 1 saturated heterocycles. The molecule has 0 aliphatic carbocycles. The molecule has 0 radical (unpaired) electrons. The van der Waals surface area contributed by atoms with Gasteiger partial charge in [0.05, 0.1) is 24.4 Å². The van der Waals surface area contributed by atoms with Crippen LogP contribution in [0.15, 0.2) is 23.1 Å². The largest absolute Gasteiger partial charge is 0.477 e. The lowest BCUT2D eigenvalue weighted by Gasteiger charge is -2.31. The number of anilines is 3. The molecular weight excluding hydrogens is 436 g/mol. The van der Waals surface area contributed by atoms with Gasteiger partial charge in [-0.2, -0.15) is 4.98 Å². The molecule has 12 heteroatoms. The molecule has 0 bridgehead atoms. The number of hydrogen-bond donors (Lipinski definition) is 2. The number of aromatic nitrogens is 4. The van der Waals surface area contributed by atoms with Crippen LogP contribution in [-0.4, -0.2) is 56.7 Å². The van der Waals surface area contributed by atoms with Gasteiger partial charge >= 0.3 is 11.9 Å². The fourth-order valence-electron chi connectivity index (χ4n) is 3.47. The van der Waals surface area contributed by atoms with Crippen LogP contribution in [0.2, 0.25) is 0 Å². The van der Waals surface area contributed by atoms with Gasteiger partial charge in [0.2, 0.25) is 5.95 Å². The van der Waals surface area contributed by atoms with E-state index in [1.54, 1.807) is 26.1 Å². The number of ether oxygens (including phenoxy) is 1. The maximum Gasteiger partial charge on any atom is 0.347 e. The van der Waals surface area contributed by atoms with Gasteiger partial charge in [-0.05, 0) is 26.7 Å². The van der Waals surface area contributed by atoms with Crippen molar-refractivity contribution in [3.05, 3.63) is 29.2 Å². The summed E-state index contributed by atoms with van der Waals surface area (Å²) in [4.78, 5) is 42.9. The minimum absolute atomic E-state index is 0.118. The van der Waals surface area contributed by atoms with Gasteiger partial charge in [0.1, 0.15) is 16.4 Å². The molecule has 4 rings (SSSR count). The van der Waals surface area contributed by atoms with Crippen molar-refractivity contribution in [2.75, 3.05) is 29.9 Å². The average Bonchev–Trinajstić information content (AvgIpc) is 3.44. The van der Waals surface area contributed by atoms with E-state index >= 15 is 0 Å². The van der Waals surface area contributed by atoms with E-state index in [2.05, 4.69) is 30.2 Å². The molecular formula is C20H22N6O5S. The predicted octanol–water partition coefficient (Wildman–Crippen LogP) is 3.12. The molecule has 0 amide bonds. The van der Waals surface area contributed by atoms with Crippen LogP contribution in [0, 0.1) is 12.8 Å². The Hall–Kier alpha value is -3.54. The Morgan fingerprint density at radius 3 is 2.72 bits per heavy atom. The highest BCUT2D eigenvalue weighted by molar-refractivity contribution is 7.17. The van der Waals surface area contributed by atoms with Crippen LogP contribution in [0.1, 0.15) is 35.1 Å². The van der Waals surface area contributed by atoms with Crippen LogP contribution in [0.5, 0.6) is 0 Å². The number of piperidine rings is 1. The van der Waals surface area contributed by atoms with Crippen molar-refractivity contribution in [2.24, 2.45) is 5.92 Å². The molecule has 1 aliphatic rings. The second kappa shape index (κ2) is 9.30. The SMILES string of the molecule is CCOC(=O)C1CCN(c2cc(-c3cnco3)nc(Nc3nc(C)c(C(=O)O)s3)n2)CC1. The monoisotopic (exact) mass is 458 g/mol. The number of carboxylic acids is 1. The molecule has 3 aromatic heterocycles. The Balaban J connectivity index is 1.59. The summed E-state index contributed by atoms with van der Waals surface area (Å²) in [6.07, 6.45) is 4.20. The average molecular weight is 459 g/mol. The van der Waals surface area contributed by atoms with E-state index < -0.39 is 5.97 Å². The number of aromatic carboxylic acids is 1. The first-order valence-electron chi connectivity index (χ1n) is 10.1. The molecule has 3 aromatic rings. The molecule has 0 aromatic carbocycles. The number of carbonyl (C=O) groups excluding carboxylic acids is 1. The lowest BCUT2D eigenvalue weighted by molar-refractivity contribution is -0.148. The number of esters is 1. The first-order valence-corrected chi connectivity index (χ1v) is 10.9. The minimum Gasteiger partial charge on any atom is -0.477 e. The van der Waals surface area contributed by atoms with Crippen LogP contribution in [0.4, 0.5) is 16.9 Å². The van der Waals surface area contributed by atoms with Crippen molar-refractivity contribution in [1.82, 2.24) is 19.9 Å². The fraction of sp³-hybridized carbons (Fsp3) is 0.400. The zero-order chi connectivity index (χ0) is 22.7. The van der Waals surface area contributed by atoms with Crippen molar-refractivity contribution >= 4 is 40.2 Å². The Labute approximate surface area is 187 Å². The summed E-state index contributed by atoms with van der Waals surface area (Å²) < 4.78 is 10.5. The van der Waals surface area contributed by atoms with Crippen molar-refractivity contribution in [2.45, 2.75) is 26.7 Å². The first-order chi connectivity index (χ1) is 15.4. The van der Waals surface area contributed by atoms with Gasteiger partial charge in [0, 0.05) is 19.2 Å². The van der Waals surface area contributed by atoms with Crippen LogP contribution >= 0.6 is 11.3 Å². The molecule has 4 heterocycles. The summed E-state index contributed by atoms with van der Waals surface area (Å²) >= 11 is 1.01. The second-order valence-electron chi connectivity index (χ2n) is 7.18. The van der Waals surface area contributed by atoms with E-state index in [1.165, 1.54) is 6.39 Å². The molecule has 0 unspecified atom stereocenters. The van der Waals surface area contributed by atoms with Crippen LogP contribution in [-0.2, 0) is 9.53 Å². The molecule has 0 saturated carbocycles. The standard InChI is InChI=1S/C20H22N6O5S/c1-3-30-18(29)12-4-6-26(7-5-12)15-8-13(14-9-21-10-31-14)23-19(24-15)25-20-22-11(2)16(32-20)17(27)28/h8-10,12H,3-7H2,1-2H3,(H,27,28)(H,22,23,24,25). The molecule has 32 heavy (non-hydrogen) atoms. The Morgan fingerprint density at radius 2 is 2.09 bits per heavy atom. The van der Waals surface area contributed by atoms with Crippen molar-refractivity contribution in [3.63, 3.8) is 0 Å². The third-order valence-corrected chi connectivity index (χ3v) is 6.11. The number of carbonyl (C=O) groups is 2. The highest BCUT2D eigenvalue weighted by atomic mass is 32.1. The van der Waals surface area contributed by atoms with Gasteiger partial charge in [0.25, 0.3) is 0 Å². The van der Waals surface area contributed by atoms with Crippen molar-refractivity contribution < 1.29 is 23.8 Å². The fourth-order valence-corrected chi connectivity index (χ4v) is 4.27. The summed E-state index contributed by atoms with van der Waals surface area (Å²) in [7, 11) is 0. The number of rotatable bonds is 7. The number of nitrogens with one attached hydrogen (secondary N) is 1. The van der Waals surface area contributed by atoms with E-state index in [0.29, 0.717) is 60.6 Å². The van der Waals surface area contributed by atoms with Gasteiger partial charge in [-0.3, -0.25) is 10.1 Å². The summed E-state index contributed by atoms with van der Waals surface area (Å²) in [5.41, 5.74) is 0.937. The van der Waals surface area contributed by atoms with Gasteiger partial charge in [-0.25, -0.2) is 19.7 Å². The summed E-state index contributed by atoms with van der Waals surface area (Å²) in [5.74, 6) is 0.0734. The molecule has 0 atom stereocenters. The molecule has 0 spiro atoms. The normalized spacial score (nSPS) is 14.4. The zero-order valence-electron chi connectivity index (χ0n) is 17.6. The molecule has 2 N–H and O–H groups in total. The highest BCUT2D eigenvalue weighted by Gasteiger charge is 2.27. The third-order valence-electron chi connectivity index (χ3n) is 5.05. The van der Waals surface area contributed by atoms with Crippen LogP contribution in [0.25, 0.3) is 11.5 Å². The van der Waals surface area contributed by atoms with Crippen LogP contribution < -0.4 is 10.2 Å². The summed E-state index contributed by atoms with van der Waals surface area (Å²) in [6, 6.07) is 1.80. The molecule has 1 aliphatic heterocycles. The zero-order valence-corrected chi connectivity index (χ0v) is 18.4. The van der Waals surface area contributed by atoms with Crippen molar-refractivity contribution in [1.29, 1.82) is 0 Å².